The summed E-state index contributed by atoms with van der Waals surface area (Å²) in [5.41, 5.74) is 0.889. The van der Waals surface area contributed by atoms with E-state index in [0.29, 0.717) is 27.9 Å². The second-order valence-corrected chi connectivity index (χ2v) is 9.26. The molecule has 1 fully saturated rings. The maximum Gasteiger partial charge on any atom is 0.249 e. The molecule has 150 valence electrons. The van der Waals surface area contributed by atoms with Gasteiger partial charge in [0.15, 0.2) is 4.75 Å². The first-order valence-corrected chi connectivity index (χ1v) is 10.4. The van der Waals surface area contributed by atoms with E-state index in [-0.39, 0.29) is 13.0 Å². The van der Waals surface area contributed by atoms with Gasteiger partial charge in [-0.3, -0.25) is 9.10 Å². The van der Waals surface area contributed by atoms with E-state index < -0.39 is 20.7 Å². The zero-order chi connectivity index (χ0) is 20.5. The van der Waals surface area contributed by atoms with Gasteiger partial charge in [0.2, 0.25) is 15.9 Å². The van der Waals surface area contributed by atoms with Crippen LogP contribution in [0.3, 0.4) is 0 Å². The SMILES string of the molecule is COc1ccc(N2CC[C@@](C)(C(=O)Nc3ccc(OC)c(Cl)c3)S2(=O)=O)cc1. The van der Waals surface area contributed by atoms with Crippen LogP contribution in [0.25, 0.3) is 0 Å². The van der Waals surface area contributed by atoms with Crippen molar-refractivity contribution in [3.63, 3.8) is 0 Å². The fraction of sp³-hybridized carbons (Fsp3) is 0.316. The molecule has 0 radical (unpaired) electrons. The van der Waals surface area contributed by atoms with Gasteiger partial charge in [-0.25, -0.2) is 8.42 Å². The van der Waals surface area contributed by atoms with Crippen molar-refractivity contribution in [3.8, 4) is 11.5 Å². The smallest absolute Gasteiger partial charge is 0.249 e. The van der Waals surface area contributed by atoms with Crippen LogP contribution in [0.1, 0.15) is 13.3 Å². The number of nitrogens with zero attached hydrogens (tertiary/aromatic N) is 1. The first kappa shape index (κ1) is 20.3. The van der Waals surface area contributed by atoms with Gasteiger partial charge in [0.1, 0.15) is 11.5 Å². The molecule has 0 saturated carbocycles. The van der Waals surface area contributed by atoms with Crippen LogP contribution < -0.4 is 19.1 Å². The highest BCUT2D eigenvalue weighted by atomic mass is 35.5. The third-order valence-corrected chi connectivity index (χ3v) is 7.70. The minimum Gasteiger partial charge on any atom is -0.497 e. The summed E-state index contributed by atoms with van der Waals surface area (Å²) < 4.78 is 36.2. The lowest BCUT2D eigenvalue weighted by Crippen LogP contribution is -2.47. The summed E-state index contributed by atoms with van der Waals surface area (Å²) in [6.45, 7) is 1.65. The van der Waals surface area contributed by atoms with E-state index in [2.05, 4.69) is 5.32 Å². The van der Waals surface area contributed by atoms with Gasteiger partial charge < -0.3 is 14.8 Å². The number of halogens is 1. The fourth-order valence-corrected chi connectivity index (χ4v) is 5.17. The van der Waals surface area contributed by atoms with E-state index in [4.69, 9.17) is 21.1 Å². The first-order valence-electron chi connectivity index (χ1n) is 8.54. The van der Waals surface area contributed by atoms with Gasteiger partial charge >= 0.3 is 0 Å². The number of sulfonamides is 1. The van der Waals surface area contributed by atoms with Gasteiger partial charge in [0, 0.05) is 12.2 Å². The van der Waals surface area contributed by atoms with Gasteiger partial charge in [-0.2, -0.15) is 0 Å². The maximum atomic E-state index is 13.2. The van der Waals surface area contributed by atoms with Crippen molar-refractivity contribution in [3.05, 3.63) is 47.5 Å². The molecule has 0 spiro atoms. The molecule has 2 aromatic rings. The summed E-state index contributed by atoms with van der Waals surface area (Å²) in [6.07, 6.45) is 0.164. The normalized spacial score (nSPS) is 20.6. The van der Waals surface area contributed by atoms with Crippen LogP contribution in [0.4, 0.5) is 11.4 Å². The molecule has 1 aliphatic rings. The van der Waals surface area contributed by atoms with Crippen LogP contribution in [0.5, 0.6) is 11.5 Å². The molecule has 28 heavy (non-hydrogen) atoms. The molecule has 1 N–H and O–H groups in total. The first-order chi connectivity index (χ1) is 13.2. The molecule has 7 nitrogen and oxygen atoms in total. The van der Waals surface area contributed by atoms with Crippen LogP contribution in [0, 0.1) is 0 Å². The van der Waals surface area contributed by atoms with Crippen molar-refractivity contribution in [2.45, 2.75) is 18.1 Å². The van der Waals surface area contributed by atoms with Crippen molar-refractivity contribution < 1.29 is 22.7 Å². The largest absolute Gasteiger partial charge is 0.497 e. The van der Waals surface area contributed by atoms with E-state index in [1.807, 2.05) is 0 Å². The van der Waals surface area contributed by atoms with E-state index in [0.717, 1.165) is 0 Å². The molecule has 2 aromatic carbocycles. The topological polar surface area (TPSA) is 84.9 Å². The molecule has 1 aliphatic heterocycles. The predicted molar refractivity (Wildman–Crippen MR) is 109 cm³/mol. The monoisotopic (exact) mass is 424 g/mol. The van der Waals surface area contributed by atoms with Crippen molar-refractivity contribution >= 4 is 38.9 Å². The number of methoxy groups -OCH3 is 2. The van der Waals surface area contributed by atoms with E-state index in [1.54, 1.807) is 36.4 Å². The van der Waals surface area contributed by atoms with Crippen molar-refractivity contribution in [1.29, 1.82) is 0 Å². The van der Waals surface area contributed by atoms with E-state index >= 15 is 0 Å². The van der Waals surface area contributed by atoms with Gasteiger partial charge in [-0.15, -0.1) is 0 Å². The standard InChI is InChI=1S/C19H21ClN2O5S/c1-19(18(23)21-13-4-9-17(27-3)16(20)12-13)10-11-22(28(19,24)25)14-5-7-15(26-2)8-6-14/h4-9,12H,10-11H2,1-3H3,(H,21,23)/t19-/m0/s1. The summed E-state index contributed by atoms with van der Waals surface area (Å²) in [6, 6.07) is 11.4. The Morgan fingerprint density at radius 1 is 1.14 bits per heavy atom. The highest BCUT2D eigenvalue weighted by Crippen LogP contribution is 2.38. The van der Waals surface area contributed by atoms with Crippen molar-refractivity contribution in [1.82, 2.24) is 0 Å². The molecule has 1 heterocycles. The second-order valence-electron chi connectivity index (χ2n) is 6.56. The number of amides is 1. The highest BCUT2D eigenvalue weighted by Gasteiger charge is 2.54. The molecule has 3 rings (SSSR count). The maximum absolute atomic E-state index is 13.2. The van der Waals surface area contributed by atoms with Gasteiger partial charge in [-0.1, -0.05) is 11.6 Å². The Hall–Kier alpha value is -2.45. The number of anilines is 2. The van der Waals surface area contributed by atoms with Crippen LogP contribution in [0.15, 0.2) is 42.5 Å². The average molecular weight is 425 g/mol. The zero-order valence-electron chi connectivity index (χ0n) is 15.7. The number of hydrogen-bond donors (Lipinski definition) is 1. The van der Waals surface area contributed by atoms with Crippen LogP contribution in [-0.2, 0) is 14.8 Å². The predicted octanol–water partition coefficient (Wildman–Crippen LogP) is 3.29. The molecule has 0 aliphatic carbocycles. The molecule has 0 unspecified atom stereocenters. The van der Waals surface area contributed by atoms with Gasteiger partial charge in [0.25, 0.3) is 0 Å². The fourth-order valence-electron chi connectivity index (χ4n) is 3.06. The summed E-state index contributed by atoms with van der Waals surface area (Å²) in [5, 5.41) is 2.98. The van der Waals surface area contributed by atoms with E-state index in [1.165, 1.54) is 31.5 Å². The Bertz CT molecular complexity index is 994. The molecular weight excluding hydrogens is 404 g/mol. The molecule has 0 aromatic heterocycles. The number of rotatable bonds is 5. The minimum atomic E-state index is -3.92. The zero-order valence-corrected chi connectivity index (χ0v) is 17.3. The Balaban J connectivity index is 1.84. The summed E-state index contributed by atoms with van der Waals surface area (Å²) in [7, 11) is -0.898. The van der Waals surface area contributed by atoms with E-state index in [9.17, 15) is 13.2 Å². The van der Waals surface area contributed by atoms with Crippen LogP contribution in [-0.4, -0.2) is 39.8 Å². The third kappa shape index (κ3) is 3.38. The average Bonchev–Trinajstić information content (AvgIpc) is 2.92. The Labute approximate surface area is 169 Å². The lowest BCUT2D eigenvalue weighted by molar-refractivity contribution is -0.118. The number of benzene rings is 2. The highest BCUT2D eigenvalue weighted by molar-refractivity contribution is 7.95. The summed E-state index contributed by atoms with van der Waals surface area (Å²) in [4.78, 5) is 12.9. The number of carbonyl (C=O) groups excluding carboxylic acids is 1. The summed E-state index contributed by atoms with van der Waals surface area (Å²) >= 11 is 6.08. The Kier molecular flexibility index (Phi) is 5.45. The summed E-state index contributed by atoms with van der Waals surface area (Å²) in [5.74, 6) is 0.479. The number of hydrogen-bond acceptors (Lipinski definition) is 5. The van der Waals surface area contributed by atoms with Gasteiger partial charge in [-0.05, 0) is 55.8 Å². The Morgan fingerprint density at radius 3 is 2.39 bits per heavy atom. The van der Waals surface area contributed by atoms with Crippen LogP contribution in [0.2, 0.25) is 5.02 Å². The van der Waals surface area contributed by atoms with Crippen molar-refractivity contribution in [2.24, 2.45) is 0 Å². The number of ether oxygens (including phenoxy) is 2. The van der Waals surface area contributed by atoms with Crippen LogP contribution >= 0.6 is 11.6 Å². The number of carbonyl (C=O) groups is 1. The lowest BCUT2D eigenvalue weighted by atomic mass is 10.1. The number of nitrogens with one attached hydrogen (secondary N) is 1. The quantitative estimate of drug-likeness (QED) is 0.796. The molecule has 1 atom stereocenters. The third-order valence-electron chi connectivity index (χ3n) is 4.90. The molecule has 0 bridgehead atoms. The Morgan fingerprint density at radius 2 is 1.82 bits per heavy atom. The molecule has 9 heteroatoms. The minimum absolute atomic E-state index is 0.164. The lowest BCUT2D eigenvalue weighted by Gasteiger charge is -2.25. The van der Waals surface area contributed by atoms with Crippen molar-refractivity contribution in [2.75, 3.05) is 30.4 Å². The molecule has 1 saturated heterocycles. The molecular formula is C19H21ClN2O5S. The second kappa shape index (κ2) is 7.52. The van der Waals surface area contributed by atoms with Gasteiger partial charge in [0.05, 0.1) is 24.9 Å². The molecule has 1 amide bonds.